The molecular formula is C15H26N4O3S. The second kappa shape index (κ2) is 9.44. The molecule has 0 saturated carbocycles. The van der Waals surface area contributed by atoms with E-state index in [9.17, 15) is 14.4 Å². The Labute approximate surface area is 140 Å². The summed E-state index contributed by atoms with van der Waals surface area (Å²) in [4.78, 5) is 40.3. The summed E-state index contributed by atoms with van der Waals surface area (Å²) in [6.07, 6.45) is 4.60. The summed E-state index contributed by atoms with van der Waals surface area (Å²) in [5.41, 5.74) is 5.01. The number of rotatable bonds is 9. The standard InChI is InChI=1S/C15H26N4O3S/c1-4-6-9-18(11(20)7-10-23-3)12-13(16)19(8-5-2)15(22)17-14(12)21/h4-10,16H2,1-3H3,(H,17,21,22). The molecule has 1 aromatic rings. The second-order valence-corrected chi connectivity index (χ2v) is 6.27. The number of amides is 1. The number of aromatic amines is 1. The fraction of sp³-hybridized carbons (Fsp3) is 0.667. The average Bonchev–Trinajstić information content (AvgIpc) is 2.52. The molecule has 3 N–H and O–H groups in total. The molecule has 0 aliphatic carbocycles. The first-order chi connectivity index (χ1) is 11.0. The van der Waals surface area contributed by atoms with E-state index in [2.05, 4.69) is 4.98 Å². The van der Waals surface area contributed by atoms with Gasteiger partial charge in [-0.15, -0.1) is 0 Å². The number of nitrogen functional groups attached to an aromatic ring is 1. The van der Waals surface area contributed by atoms with Gasteiger partial charge < -0.3 is 10.6 Å². The van der Waals surface area contributed by atoms with Gasteiger partial charge in [0.1, 0.15) is 5.82 Å². The van der Waals surface area contributed by atoms with Gasteiger partial charge in [0.15, 0.2) is 5.69 Å². The molecule has 0 spiro atoms. The Hall–Kier alpha value is -1.70. The van der Waals surface area contributed by atoms with Gasteiger partial charge in [-0.25, -0.2) is 4.79 Å². The third-order valence-electron chi connectivity index (χ3n) is 3.49. The van der Waals surface area contributed by atoms with E-state index in [1.807, 2.05) is 20.1 Å². The fourth-order valence-corrected chi connectivity index (χ4v) is 2.66. The Morgan fingerprint density at radius 1 is 1.30 bits per heavy atom. The number of nitrogens with zero attached hydrogens (tertiary/aromatic N) is 2. The Bertz CT molecular complexity index is 639. The molecule has 23 heavy (non-hydrogen) atoms. The van der Waals surface area contributed by atoms with Gasteiger partial charge in [0.25, 0.3) is 5.56 Å². The van der Waals surface area contributed by atoms with Gasteiger partial charge in [-0.05, 0) is 19.1 Å². The fourth-order valence-electron chi connectivity index (χ4n) is 2.29. The van der Waals surface area contributed by atoms with Crippen molar-refractivity contribution in [2.75, 3.05) is 29.2 Å². The number of hydrogen-bond acceptors (Lipinski definition) is 5. The minimum Gasteiger partial charge on any atom is -0.383 e. The van der Waals surface area contributed by atoms with E-state index in [1.165, 1.54) is 9.47 Å². The highest BCUT2D eigenvalue weighted by Crippen LogP contribution is 2.19. The van der Waals surface area contributed by atoms with Crippen LogP contribution < -0.4 is 21.9 Å². The molecule has 7 nitrogen and oxygen atoms in total. The summed E-state index contributed by atoms with van der Waals surface area (Å²) in [7, 11) is 0. The molecule has 1 rings (SSSR count). The summed E-state index contributed by atoms with van der Waals surface area (Å²) in [5, 5.41) is 0. The topological polar surface area (TPSA) is 101 Å². The number of nitrogens with one attached hydrogen (secondary N) is 1. The number of H-pyrrole nitrogens is 1. The molecular weight excluding hydrogens is 316 g/mol. The summed E-state index contributed by atoms with van der Waals surface area (Å²) in [6, 6.07) is 0. The van der Waals surface area contributed by atoms with Crippen LogP contribution >= 0.6 is 11.8 Å². The van der Waals surface area contributed by atoms with Crippen molar-refractivity contribution in [2.45, 2.75) is 46.1 Å². The van der Waals surface area contributed by atoms with Crippen LogP contribution in [-0.4, -0.2) is 34.0 Å². The van der Waals surface area contributed by atoms with Crippen LogP contribution in [0.4, 0.5) is 11.5 Å². The predicted octanol–water partition coefficient (Wildman–Crippen LogP) is 1.41. The Morgan fingerprint density at radius 2 is 2.00 bits per heavy atom. The van der Waals surface area contributed by atoms with E-state index in [0.717, 1.165) is 12.8 Å². The van der Waals surface area contributed by atoms with Gasteiger partial charge in [-0.1, -0.05) is 20.3 Å². The number of hydrogen-bond donors (Lipinski definition) is 2. The number of unbranched alkanes of at least 4 members (excludes halogenated alkanes) is 1. The molecule has 130 valence electrons. The first-order valence-corrected chi connectivity index (χ1v) is 9.29. The number of aromatic nitrogens is 2. The summed E-state index contributed by atoms with van der Waals surface area (Å²) in [5.74, 6) is 0.592. The van der Waals surface area contributed by atoms with Gasteiger partial charge in [0.05, 0.1) is 0 Å². The van der Waals surface area contributed by atoms with Crippen LogP contribution in [0.15, 0.2) is 9.59 Å². The molecule has 1 amide bonds. The van der Waals surface area contributed by atoms with Crippen molar-refractivity contribution in [3.63, 3.8) is 0 Å². The van der Waals surface area contributed by atoms with Crippen LogP contribution in [0.1, 0.15) is 39.5 Å². The summed E-state index contributed by atoms with van der Waals surface area (Å²) < 4.78 is 1.32. The van der Waals surface area contributed by atoms with E-state index in [0.29, 0.717) is 31.7 Å². The van der Waals surface area contributed by atoms with Gasteiger partial charge >= 0.3 is 5.69 Å². The summed E-state index contributed by atoms with van der Waals surface area (Å²) >= 11 is 1.57. The Balaban J connectivity index is 3.34. The van der Waals surface area contributed by atoms with Crippen molar-refractivity contribution in [1.29, 1.82) is 0 Å². The number of carbonyl (C=O) groups excluding carboxylic acids is 1. The van der Waals surface area contributed by atoms with Gasteiger partial charge in [-0.3, -0.25) is 19.1 Å². The van der Waals surface area contributed by atoms with Crippen molar-refractivity contribution in [3.05, 3.63) is 20.8 Å². The van der Waals surface area contributed by atoms with Crippen molar-refractivity contribution in [1.82, 2.24) is 9.55 Å². The molecule has 0 bridgehead atoms. The lowest BCUT2D eigenvalue weighted by Gasteiger charge is -2.24. The lowest BCUT2D eigenvalue weighted by Crippen LogP contribution is -2.41. The maximum Gasteiger partial charge on any atom is 0.330 e. The average molecular weight is 342 g/mol. The number of anilines is 2. The van der Waals surface area contributed by atoms with Crippen LogP contribution in [-0.2, 0) is 11.3 Å². The van der Waals surface area contributed by atoms with E-state index < -0.39 is 11.2 Å². The molecule has 0 atom stereocenters. The van der Waals surface area contributed by atoms with Crippen LogP contribution in [0.5, 0.6) is 0 Å². The minimum absolute atomic E-state index is 0.0641. The third kappa shape index (κ3) is 4.89. The molecule has 1 heterocycles. The second-order valence-electron chi connectivity index (χ2n) is 5.29. The van der Waals surface area contributed by atoms with E-state index in [-0.39, 0.29) is 17.4 Å². The maximum absolute atomic E-state index is 12.5. The van der Waals surface area contributed by atoms with E-state index in [1.54, 1.807) is 11.8 Å². The minimum atomic E-state index is -0.603. The molecule has 0 saturated heterocycles. The highest BCUT2D eigenvalue weighted by Gasteiger charge is 2.23. The van der Waals surface area contributed by atoms with Crippen molar-refractivity contribution in [3.8, 4) is 0 Å². The quantitative estimate of drug-likeness (QED) is 0.707. The van der Waals surface area contributed by atoms with E-state index >= 15 is 0 Å². The first-order valence-electron chi connectivity index (χ1n) is 7.89. The number of carbonyl (C=O) groups is 1. The van der Waals surface area contributed by atoms with Crippen molar-refractivity contribution >= 4 is 29.2 Å². The molecule has 0 aromatic carbocycles. The first kappa shape index (κ1) is 19.3. The van der Waals surface area contributed by atoms with Crippen LogP contribution in [0.25, 0.3) is 0 Å². The molecule has 0 aliphatic rings. The lowest BCUT2D eigenvalue weighted by molar-refractivity contribution is -0.118. The van der Waals surface area contributed by atoms with Gasteiger partial charge in [0, 0.05) is 25.3 Å². The number of nitrogens with two attached hydrogens (primary N) is 1. The van der Waals surface area contributed by atoms with Crippen LogP contribution in [0.2, 0.25) is 0 Å². The SMILES string of the molecule is CCCCN(C(=O)CCSC)c1c(N)n(CCC)c(=O)[nH]c1=O. The largest absolute Gasteiger partial charge is 0.383 e. The van der Waals surface area contributed by atoms with Crippen LogP contribution in [0, 0.1) is 0 Å². The van der Waals surface area contributed by atoms with Gasteiger partial charge in [0.2, 0.25) is 5.91 Å². The van der Waals surface area contributed by atoms with Crippen molar-refractivity contribution < 1.29 is 4.79 Å². The molecule has 0 aliphatic heterocycles. The molecule has 8 heteroatoms. The van der Waals surface area contributed by atoms with Crippen LogP contribution in [0.3, 0.4) is 0 Å². The zero-order chi connectivity index (χ0) is 17.4. The summed E-state index contributed by atoms with van der Waals surface area (Å²) in [6.45, 7) is 4.74. The molecule has 1 aromatic heterocycles. The number of thioether (sulfide) groups is 1. The highest BCUT2D eigenvalue weighted by molar-refractivity contribution is 7.98. The zero-order valence-electron chi connectivity index (χ0n) is 14.1. The Kier molecular flexibility index (Phi) is 7.94. The monoisotopic (exact) mass is 342 g/mol. The lowest BCUT2D eigenvalue weighted by atomic mass is 10.2. The van der Waals surface area contributed by atoms with E-state index in [4.69, 9.17) is 5.73 Å². The zero-order valence-corrected chi connectivity index (χ0v) is 14.9. The molecule has 0 unspecified atom stereocenters. The van der Waals surface area contributed by atoms with Gasteiger partial charge in [-0.2, -0.15) is 11.8 Å². The third-order valence-corrected chi connectivity index (χ3v) is 4.10. The smallest absolute Gasteiger partial charge is 0.330 e. The molecule has 0 fully saturated rings. The predicted molar refractivity (Wildman–Crippen MR) is 96.3 cm³/mol. The van der Waals surface area contributed by atoms with Crippen molar-refractivity contribution in [2.24, 2.45) is 0 Å². The normalized spacial score (nSPS) is 10.7. The molecule has 0 radical (unpaired) electrons. The highest BCUT2D eigenvalue weighted by atomic mass is 32.2. The Morgan fingerprint density at radius 3 is 2.57 bits per heavy atom. The maximum atomic E-state index is 12.5.